The van der Waals surface area contributed by atoms with E-state index in [1.54, 1.807) is 11.1 Å². The fraction of sp³-hybridized carbons (Fsp3) is 0.583. The van der Waals surface area contributed by atoms with Crippen molar-refractivity contribution in [1.82, 2.24) is 10.3 Å². The van der Waals surface area contributed by atoms with Crippen LogP contribution in [0.2, 0.25) is 0 Å². The zero-order chi connectivity index (χ0) is 20.6. The highest BCUT2D eigenvalue weighted by atomic mass is 16.5. The van der Waals surface area contributed by atoms with Crippen LogP contribution >= 0.6 is 0 Å². The van der Waals surface area contributed by atoms with Gasteiger partial charge in [0.15, 0.2) is 0 Å². The minimum absolute atomic E-state index is 0.0979. The Kier molecular flexibility index (Phi) is 5.38. The van der Waals surface area contributed by atoms with Crippen LogP contribution in [-0.4, -0.2) is 36.7 Å². The number of carbonyl (C=O) groups is 1. The van der Waals surface area contributed by atoms with Crippen LogP contribution in [0.4, 0.5) is 5.82 Å². The molecule has 2 heterocycles. The third kappa shape index (κ3) is 4.17. The smallest absolute Gasteiger partial charge is 0.255 e. The number of pyridine rings is 1. The van der Waals surface area contributed by atoms with Crippen LogP contribution in [0, 0.1) is 10.8 Å². The number of hydrogen-bond donors (Lipinski definition) is 2. The standard InChI is InChI=1S/C24H33N3O2/c1-23(2)10-11-24(3,4)18-14-16(8-9-17(18)23)19-6-5-7-21(26-19)27-22(28)20-15-25-12-13-29-20/h5-7,10-11,16,20,25H,8-9,12-15H2,1-4H3,(H,26,27,28). The molecule has 1 aromatic heterocycles. The van der Waals surface area contributed by atoms with E-state index in [1.165, 1.54) is 0 Å². The van der Waals surface area contributed by atoms with Gasteiger partial charge in [-0.1, -0.05) is 57.1 Å². The van der Waals surface area contributed by atoms with Crippen molar-refractivity contribution in [2.24, 2.45) is 10.8 Å². The molecule has 2 atom stereocenters. The molecule has 0 saturated carbocycles. The first kappa shape index (κ1) is 20.3. The van der Waals surface area contributed by atoms with E-state index in [0.29, 0.717) is 24.9 Å². The molecule has 2 aliphatic carbocycles. The predicted octanol–water partition coefficient (Wildman–Crippen LogP) is 4.19. The molecule has 1 aliphatic heterocycles. The summed E-state index contributed by atoms with van der Waals surface area (Å²) in [5, 5.41) is 6.13. The molecule has 0 bridgehead atoms. The van der Waals surface area contributed by atoms with Gasteiger partial charge in [-0.05, 0) is 31.4 Å². The molecule has 2 N–H and O–H groups in total. The number of morpholine rings is 1. The van der Waals surface area contributed by atoms with E-state index in [-0.39, 0.29) is 16.7 Å². The monoisotopic (exact) mass is 395 g/mol. The highest BCUT2D eigenvalue weighted by Gasteiger charge is 2.38. The molecule has 3 aliphatic rings. The van der Waals surface area contributed by atoms with Gasteiger partial charge in [0.25, 0.3) is 5.91 Å². The lowest BCUT2D eigenvalue weighted by atomic mass is 9.61. The van der Waals surface area contributed by atoms with Crippen molar-refractivity contribution in [2.45, 2.75) is 59.0 Å². The lowest BCUT2D eigenvalue weighted by Gasteiger charge is -2.43. The van der Waals surface area contributed by atoms with Crippen LogP contribution in [0.5, 0.6) is 0 Å². The van der Waals surface area contributed by atoms with E-state index in [2.05, 4.69) is 56.5 Å². The summed E-state index contributed by atoms with van der Waals surface area (Å²) in [5.41, 5.74) is 4.49. The van der Waals surface area contributed by atoms with E-state index in [9.17, 15) is 4.79 Å². The van der Waals surface area contributed by atoms with Gasteiger partial charge >= 0.3 is 0 Å². The van der Waals surface area contributed by atoms with Crippen LogP contribution in [0.3, 0.4) is 0 Å². The summed E-state index contributed by atoms with van der Waals surface area (Å²) in [4.78, 5) is 17.3. The first-order chi connectivity index (χ1) is 13.8. The maximum Gasteiger partial charge on any atom is 0.255 e. The number of hydrogen-bond acceptors (Lipinski definition) is 4. The molecule has 5 nitrogen and oxygen atoms in total. The fourth-order valence-corrected chi connectivity index (χ4v) is 4.86. The van der Waals surface area contributed by atoms with Crippen molar-refractivity contribution in [1.29, 1.82) is 0 Å². The predicted molar refractivity (Wildman–Crippen MR) is 116 cm³/mol. The lowest BCUT2D eigenvalue weighted by Crippen LogP contribution is -2.45. The molecule has 1 saturated heterocycles. The second-order valence-electron chi connectivity index (χ2n) is 9.67. The summed E-state index contributed by atoms with van der Waals surface area (Å²) in [6, 6.07) is 5.96. The van der Waals surface area contributed by atoms with Crippen molar-refractivity contribution in [3.05, 3.63) is 47.2 Å². The van der Waals surface area contributed by atoms with Gasteiger partial charge in [-0.15, -0.1) is 0 Å². The van der Waals surface area contributed by atoms with E-state index in [0.717, 1.165) is 31.5 Å². The van der Waals surface area contributed by atoms with E-state index in [4.69, 9.17) is 9.72 Å². The van der Waals surface area contributed by atoms with Crippen molar-refractivity contribution in [2.75, 3.05) is 25.0 Å². The molecule has 4 rings (SSSR count). The number of anilines is 1. The number of rotatable bonds is 3. The van der Waals surface area contributed by atoms with E-state index >= 15 is 0 Å². The summed E-state index contributed by atoms with van der Waals surface area (Å²) < 4.78 is 5.55. The molecular weight excluding hydrogens is 362 g/mol. The van der Waals surface area contributed by atoms with Crippen molar-refractivity contribution >= 4 is 11.7 Å². The number of carbonyl (C=O) groups excluding carboxylic acids is 1. The zero-order valence-corrected chi connectivity index (χ0v) is 18.0. The fourth-order valence-electron chi connectivity index (χ4n) is 4.86. The average molecular weight is 396 g/mol. The Bertz CT molecular complexity index is 847. The number of ether oxygens (including phenoxy) is 1. The average Bonchev–Trinajstić information content (AvgIpc) is 2.72. The summed E-state index contributed by atoms with van der Waals surface area (Å²) in [6.07, 6.45) is 7.55. The van der Waals surface area contributed by atoms with Crippen LogP contribution in [0.1, 0.15) is 58.6 Å². The SMILES string of the molecule is CC1(C)C=CC(C)(C)C2=C1CCC(c1cccc(NC(=O)C3CNCCO3)n1)C2. The van der Waals surface area contributed by atoms with Gasteiger partial charge in [0.1, 0.15) is 11.9 Å². The first-order valence-corrected chi connectivity index (χ1v) is 10.8. The van der Waals surface area contributed by atoms with Crippen molar-refractivity contribution in [3.63, 3.8) is 0 Å². The Labute approximate surface area is 174 Å². The third-order valence-electron chi connectivity index (χ3n) is 6.69. The van der Waals surface area contributed by atoms with E-state index < -0.39 is 6.10 Å². The molecule has 1 amide bonds. The molecule has 5 heteroatoms. The highest BCUT2D eigenvalue weighted by molar-refractivity contribution is 5.93. The molecular formula is C24H33N3O2. The summed E-state index contributed by atoms with van der Waals surface area (Å²) in [6.45, 7) is 11.2. The minimum atomic E-state index is -0.450. The quantitative estimate of drug-likeness (QED) is 0.753. The molecule has 1 fully saturated rings. The van der Waals surface area contributed by atoms with Gasteiger partial charge in [0.2, 0.25) is 0 Å². The van der Waals surface area contributed by atoms with Crippen LogP contribution in [0.15, 0.2) is 41.5 Å². The van der Waals surface area contributed by atoms with Gasteiger partial charge in [0.05, 0.1) is 6.61 Å². The Balaban J connectivity index is 1.51. The molecule has 2 unspecified atom stereocenters. The summed E-state index contributed by atoms with van der Waals surface area (Å²) in [7, 11) is 0. The zero-order valence-electron chi connectivity index (χ0n) is 18.0. The lowest BCUT2D eigenvalue weighted by molar-refractivity contribution is -0.128. The third-order valence-corrected chi connectivity index (χ3v) is 6.69. The number of allylic oxidation sites excluding steroid dienone is 4. The molecule has 0 spiro atoms. The number of nitrogens with one attached hydrogen (secondary N) is 2. The Morgan fingerprint density at radius 1 is 1.17 bits per heavy atom. The van der Waals surface area contributed by atoms with Gasteiger partial charge in [-0.3, -0.25) is 4.79 Å². The molecule has 0 radical (unpaired) electrons. The molecule has 156 valence electrons. The van der Waals surface area contributed by atoms with Crippen molar-refractivity contribution in [3.8, 4) is 0 Å². The topological polar surface area (TPSA) is 63.2 Å². The summed E-state index contributed by atoms with van der Waals surface area (Å²) in [5.74, 6) is 0.875. The number of amides is 1. The highest BCUT2D eigenvalue weighted by Crippen LogP contribution is 2.52. The minimum Gasteiger partial charge on any atom is -0.366 e. The normalized spacial score (nSPS) is 28.0. The van der Waals surface area contributed by atoms with Crippen LogP contribution in [-0.2, 0) is 9.53 Å². The first-order valence-electron chi connectivity index (χ1n) is 10.8. The second kappa shape index (κ2) is 7.69. The maximum absolute atomic E-state index is 12.5. The Morgan fingerprint density at radius 2 is 1.93 bits per heavy atom. The largest absolute Gasteiger partial charge is 0.366 e. The maximum atomic E-state index is 12.5. The molecule has 29 heavy (non-hydrogen) atoms. The molecule has 1 aromatic rings. The van der Waals surface area contributed by atoms with E-state index in [1.807, 2.05) is 12.1 Å². The van der Waals surface area contributed by atoms with Gasteiger partial charge in [-0.25, -0.2) is 4.98 Å². The van der Waals surface area contributed by atoms with Crippen molar-refractivity contribution < 1.29 is 9.53 Å². The van der Waals surface area contributed by atoms with Gasteiger partial charge in [0, 0.05) is 35.5 Å². The number of nitrogens with zero attached hydrogens (tertiary/aromatic N) is 1. The van der Waals surface area contributed by atoms with Gasteiger partial charge < -0.3 is 15.4 Å². The Morgan fingerprint density at radius 3 is 2.66 bits per heavy atom. The number of aromatic nitrogens is 1. The Hall–Kier alpha value is -1.98. The van der Waals surface area contributed by atoms with Gasteiger partial charge in [-0.2, -0.15) is 0 Å². The molecule has 0 aromatic carbocycles. The van der Waals surface area contributed by atoms with Crippen LogP contribution < -0.4 is 10.6 Å². The second-order valence-corrected chi connectivity index (χ2v) is 9.67. The summed E-state index contributed by atoms with van der Waals surface area (Å²) >= 11 is 0. The van der Waals surface area contributed by atoms with Crippen LogP contribution in [0.25, 0.3) is 0 Å².